The molecule has 2 heterocycles. The quantitative estimate of drug-likeness (QED) is 0.440. The molecule has 144 valence electrons. The van der Waals surface area contributed by atoms with E-state index in [9.17, 15) is 23.1 Å². The summed E-state index contributed by atoms with van der Waals surface area (Å²) in [7, 11) is 0. The molecule has 0 aliphatic heterocycles. The summed E-state index contributed by atoms with van der Waals surface area (Å²) >= 11 is 1.38. The minimum atomic E-state index is -4.42. The molecule has 0 bridgehead atoms. The van der Waals surface area contributed by atoms with E-state index in [1.54, 1.807) is 4.57 Å². The molecule has 0 fully saturated rings. The summed E-state index contributed by atoms with van der Waals surface area (Å²) in [4.78, 5) is 11.4. The highest BCUT2D eigenvalue weighted by Gasteiger charge is 2.31. The fraction of sp³-hybridized carbons (Fsp3) is 0.190. The van der Waals surface area contributed by atoms with Crippen LogP contribution in [0.25, 0.3) is 32.1 Å². The zero-order valence-corrected chi connectivity index (χ0v) is 15.9. The molecule has 0 atom stereocenters. The molecule has 4 aromatic rings. The molecule has 0 aliphatic carbocycles. The van der Waals surface area contributed by atoms with Crippen molar-refractivity contribution in [2.45, 2.75) is 26.6 Å². The van der Waals surface area contributed by atoms with Crippen LogP contribution < -0.4 is 0 Å². The predicted octanol–water partition coefficient (Wildman–Crippen LogP) is 6.24. The molecule has 4 rings (SSSR count). The fourth-order valence-corrected chi connectivity index (χ4v) is 4.61. The number of thiophene rings is 1. The van der Waals surface area contributed by atoms with Gasteiger partial charge in [-0.25, -0.2) is 0 Å². The molecule has 1 N–H and O–H groups in total. The van der Waals surface area contributed by atoms with Gasteiger partial charge in [-0.05, 0) is 49.6 Å². The lowest BCUT2D eigenvalue weighted by Crippen LogP contribution is -2.09. The topological polar surface area (TPSA) is 42.2 Å². The van der Waals surface area contributed by atoms with E-state index >= 15 is 0 Å². The van der Waals surface area contributed by atoms with Crippen LogP contribution >= 0.6 is 11.3 Å². The highest BCUT2D eigenvalue weighted by atomic mass is 32.1. The van der Waals surface area contributed by atoms with Crippen molar-refractivity contribution >= 4 is 38.3 Å². The first-order chi connectivity index (χ1) is 13.2. The third-order valence-corrected chi connectivity index (χ3v) is 5.91. The van der Waals surface area contributed by atoms with Gasteiger partial charge in [0.15, 0.2) is 0 Å². The number of carbonyl (C=O) groups is 1. The summed E-state index contributed by atoms with van der Waals surface area (Å²) in [5, 5.41) is 12.5. The molecule has 0 saturated carbocycles. The number of hydrogen-bond acceptors (Lipinski definition) is 2. The molecule has 2 aromatic heterocycles. The zero-order chi connectivity index (χ0) is 20.2. The Balaban J connectivity index is 2.05. The molecule has 0 radical (unpaired) electrons. The van der Waals surface area contributed by atoms with E-state index in [1.807, 2.05) is 37.4 Å². The van der Waals surface area contributed by atoms with E-state index < -0.39 is 17.7 Å². The van der Waals surface area contributed by atoms with E-state index in [0.717, 1.165) is 38.5 Å². The first-order valence-electron chi connectivity index (χ1n) is 8.57. The highest BCUT2D eigenvalue weighted by molar-refractivity contribution is 7.17. The highest BCUT2D eigenvalue weighted by Crippen LogP contribution is 2.43. The number of hydrogen-bond donors (Lipinski definition) is 1. The first kappa shape index (κ1) is 18.6. The molecule has 0 unspecified atom stereocenters. The minimum Gasteiger partial charge on any atom is -0.480 e. The molecule has 0 spiro atoms. The number of nitrogens with zero attached hydrogens (tertiary/aromatic N) is 1. The Bertz CT molecular complexity index is 1230. The molecule has 0 amide bonds. The summed E-state index contributed by atoms with van der Waals surface area (Å²) in [6, 6.07) is 9.47. The number of alkyl halides is 3. The van der Waals surface area contributed by atoms with Crippen molar-refractivity contribution in [1.29, 1.82) is 0 Å². The number of fused-ring (bicyclic) bond motifs is 2. The fourth-order valence-electron chi connectivity index (χ4n) is 3.67. The third kappa shape index (κ3) is 2.96. The largest absolute Gasteiger partial charge is 0.480 e. The van der Waals surface area contributed by atoms with E-state index in [1.165, 1.54) is 23.5 Å². The lowest BCUT2D eigenvalue weighted by Gasteiger charge is -2.08. The van der Waals surface area contributed by atoms with Crippen molar-refractivity contribution in [3.05, 3.63) is 58.6 Å². The first-order valence-corrected chi connectivity index (χ1v) is 9.45. The van der Waals surface area contributed by atoms with Crippen molar-refractivity contribution in [2.75, 3.05) is 0 Å². The Kier molecular flexibility index (Phi) is 4.23. The van der Waals surface area contributed by atoms with Crippen LogP contribution in [-0.2, 0) is 17.5 Å². The molecule has 0 aliphatic rings. The van der Waals surface area contributed by atoms with E-state index in [2.05, 4.69) is 0 Å². The molecular formula is C21H16F3NO2S. The summed E-state index contributed by atoms with van der Waals surface area (Å²) in [6.07, 6.45) is -4.42. The van der Waals surface area contributed by atoms with Crippen LogP contribution in [0.2, 0.25) is 0 Å². The van der Waals surface area contributed by atoms with Gasteiger partial charge in [0.2, 0.25) is 0 Å². The van der Waals surface area contributed by atoms with Gasteiger partial charge in [0.05, 0.1) is 5.56 Å². The van der Waals surface area contributed by atoms with Crippen LogP contribution in [0.4, 0.5) is 13.2 Å². The number of carboxylic acids is 1. The van der Waals surface area contributed by atoms with Crippen molar-refractivity contribution in [3.8, 4) is 11.1 Å². The van der Waals surface area contributed by atoms with Crippen molar-refractivity contribution in [1.82, 2.24) is 4.57 Å². The molecular weight excluding hydrogens is 387 g/mol. The summed E-state index contributed by atoms with van der Waals surface area (Å²) in [5.74, 6) is -0.971. The van der Waals surface area contributed by atoms with Gasteiger partial charge in [-0.1, -0.05) is 11.6 Å². The molecule has 0 saturated heterocycles. The number of rotatable bonds is 3. The van der Waals surface area contributed by atoms with Crippen LogP contribution in [0.5, 0.6) is 0 Å². The van der Waals surface area contributed by atoms with Gasteiger partial charge < -0.3 is 9.67 Å². The number of aliphatic carboxylic acids is 1. The second-order valence-electron chi connectivity index (χ2n) is 6.82. The van der Waals surface area contributed by atoms with Gasteiger partial charge in [0, 0.05) is 37.8 Å². The average molecular weight is 403 g/mol. The monoisotopic (exact) mass is 403 g/mol. The Morgan fingerprint density at radius 1 is 1.11 bits per heavy atom. The maximum absolute atomic E-state index is 13.2. The van der Waals surface area contributed by atoms with Gasteiger partial charge in [-0.15, -0.1) is 11.3 Å². The summed E-state index contributed by atoms with van der Waals surface area (Å²) in [5.41, 5.74) is 3.26. The van der Waals surface area contributed by atoms with Crippen molar-refractivity contribution in [2.24, 2.45) is 0 Å². The second kappa shape index (κ2) is 6.38. The Hall–Kier alpha value is -2.80. The zero-order valence-electron chi connectivity index (χ0n) is 15.1. The van der Waals surface area contributed by atoms with Crippen molar-refractivity contribution in [3.63, 3.8) is 0 Å². The van der Waals surface area contributed by atoms with Gasteiger partial charge in [-0.2, -0.15) is 13.2 Å². The SMILES string of the molecule is Cc1ccc2c(c1)c(-c1csc3ccc(C(F)(F)F)cc13)c(C)n2CC(=O)O. The minimum absolute atomic E-state index is 0.207. The lowest BCUT2D eigenvalue weighted by atomic mass is 9.99. The Labute approximate surface area is 162 Å². The second-order valence-corrected chi connectivity index (χ2v) is 7.73. The molecule has 2 aromatic carbocycles. The van der Waals surface area contributed by atoms with Gasteiger partial charge in [0.1, 0.15) is 6.54 Å². The van der Waals surface area contributed by atoms with E-state index in [4.69, 9.17) is 0 Å². The number of aryl methyl sites for hydroxylation is 1. The van der Waals surface area contributed by atoms with Gasteiger partial charge in [-0.3, -0.25) is 4.79 Å². The van der Waals surface area contributed by atoms with Crippen LogP contribution in [-0.4, -0.2) is 15.6 Å². The molecule has 7 heteroatoms. The summed E-state index contributed by atoms with van der Waals surface area (Å²) < 4.78 is 42.1. The maximum atomic E-state index is 13.2. The van der Waals surface area contributed by atoms with Gasteiger partial charge in [0.25, 0.3) is 0 Å². The summed E-state index contributed by atoms with van der Waals surface area (Å²) in [6.45, 7) is 3.53. The van der Waals surface area contributed by atoms with Crippen molar-refractivity contribution < 1.29 is 23.1 Å². The van der Waals surface area contributed by atoms with Crippen LogP contribution in [0.1, 0.15) is 16.8 Å². The normalized spacial score (nSPS) is 12.2. The van der Waals surface area contributed by atoms with Crippen LogP contribution in [0.15, 0.2) is 41.8 Å². The van der Waals surface area contributed by atoms with Crippen LogP contribution in [0.3, 0.4) is 0 Å². The van der Waals surface area contributed by atoms with Crippen LogP contribution in [0, 0.1) is 13.8 Å². The van der Waals surface area contributed by atoms with E-state index in [0.29, 0.717) is 10.9 Å². The molecule has 28 heavy (non-hydrogen) atoms. The van der Waals surface area contributed by atoms with Gasteiger partial charge >= 0.3 is 12.1 Å². The number of carboxylic acid groups (broad SMARTS) is 1. The van der Waals surface area contributed by atoms with E-state index in [-0.39, 0.29) is 6.54 Å². The third-order valence-electron chi connectivity index (χ3n) is 4.94. The average Bonchev–Trinajstić information content (AvgIpc) is 3.12. The number of halogens is 3. The smallest absolute Gasteiger partial charge is 0.416 e. The Morgan fingerprint density at radius 3 is 2.54 bits per heavy atom. The number of benzene rings is 2. The standard InChI is InChI=1S/C21H16F3NO2S/c1-11-3-5-17-15(7-11)20(12(2)25(17)9-19(26)27)16-10-28-18-6-4-13(8-14(16)18)21(22,23)24/h3-8,10H,9H2,1-2H3,(H,26,27). The number of aromatic nitrogens is 1. The predicted molar refractivity (Wildman–Crippen MR) is 105 cm³/mol. The maximum Gasteiger partial charge on any atom is 0.416 e. The lowest BCUT2D eigenvalue weighted by molar-refractivity contribution is -0.138. The Morgan fingerprint density at radius 2 is 1.86 bits per heavy atom. The molecule has 3 nitrogen and oxygen atoms in total.